The van der Waals surface area contributed by atoms with Gasteiger partial charge in [0.15, 0.2) is 14.7 Å². The van der Waals surface area contributed by atoms with Gasteiger partial charge in [0.2, 0.25) is 0 Å². The van der Waals surface area contributed by atoms with E-state index in [0.717, 1.165) is 16.2 Å². The molecule has 4 aromatic carbocycles. The van der Waals surface area contributed by atoms with Crippen LogP contribution in [0.1, 0.15) is 22.3 Å². The second kappa shape index (κ2) is 7.90. The van der Waals surface area contributed by atoms with Gasteiger partial charge < -0.3 is 0 Å². The lowest BCUT2D eigenvalue weighted by atomic mass is 10.0. The Morgan fingerprint density at radius 1 is 0.633 bits per heavy atom. The van der Waals surface area contributed by atoms with E-state index in [0.29, 0.717) is 0 Å². The average molecular weight is 428 g/mol. The molecule has 5 rings (SSSR count). The molecule has 0 fully saturated rings. The maximum Gasteiger partial charge on any atom is 0.166 e. The van der Waals surface area contributed by atoms with E-state index in [9.17, 15) is 4.21 Å². The third kappa shape index (κ3) is 3.53. The summed E-state index contributed by atoms with van der Waals surface area (Å²) in [6.07, 6.45) is 0.837. The summed E-state index contributed by atoms with van der Waals surface area (Å²) in [5.41, 5.74) is 4.89. The van der Waals surface area contributed by atoms with Gasteiger partial charge in [-0.25, -0.2) is 4.21 Å². The molecule has 148 valence electrons. The minimum absolute atomic E-state index is 0.197. The lowest BCUT2D eigenvalue weighted by molar-refractivity contribution is 0.679. The maximum absolute atomic E-state index is 13.1. The molecular formula is C27H23OS2+. The topological polar surface area (TPSA) is 17.1 Å². The molecular weight excluding hydrogens is 404 g/mol. The first-order valence-electron chi connectivity index (χ1n) is 10.1. The van der Waals surface area contributed by atoms with Crippen LogP contribution in [0.5, 0.6) is 0 Å². The molecule has 3 heteroatoms. The van der Waals surface area contributed by atoms with Crippen molar-refractivity contribution in [1.82, 2.24) is 0 Å². The van der Waals surface area contributed by atoms with Crippen LogP contribution in [0, 0.1) is 13.8 Å². The molecule has 1 atom stereocenters. The van der Waals surface area contributed by atoms with Crippen molar-refractivity contribution < 1.29 is 4.21 Å². The molecule has 1 aliphatic heterocycles. The van der Waals surface area contributed by atoms with Crippen LogP contribution >= 0.6 is 0 Å². The first kappa shape index (κ1) is 19.3. The van der Waals surface area contributed by atoms with E-state index < -0.39 is 10.8 Å². The Labute approximate surface area is 183 Å². The third-order valence-corrected chi connectivity index (χ3v) is 9.34. The Balaban J connectivity index is 1.63. The summed E-state index contributed by atoms with van der Waals surface area (Å²) < 4.78 is 13.1. The summed E-state index contributed by atoms with van der Waals surface area (Å²) in [6, 6.07) is 32.4. The van der Waals surface area contributed by atoms with Crippen LogP contribution in [0.4, 0.5) is 0 Å². The van der Waals surface area contributed by atoms with Crippen molar-refractivity contribution in [2.75, 3.05) is 0 Å². The summed E-state index contributed by atoms with van der Waals surface area (Å²) >= 11 is 0. The Kier molecular flexibility index (Phi) is 5.10. The normalized spacial score (nSPS) is 15.0. The van der Waals surface area contributed by atoms with Gasteiger partial charge >= 0.3 is 0 Å². The molecule has 1 nitrogen and oxygen atoms in total. The molecule has 0 saturated heterocycles. The van der Waals surface area contributed by atoms with E-state index >= 15 is 0 Å². The highest BCUT2D eigenvalue weighted by molar-refractivity contribution is 7.97. The van der Waals surface area contributed by atoms with Crippen molar-refractivity contribution in [2.24, 2.45) is 0 Å². The van der Waals surface area contributed by atoms with E-state index in [-0.39, 0.29) is 10.9 Å². The average Bonchev–Trinajstić information content (AvgIpc) is 2.77. The zero-order valence-corrected chi connectivity index (χ0v) is 18.7. The Morgan fingerprint density at radius 2 is 1.17 bits per heavy atom. The van der Waals surface area contributed by atoms with Crippen molar-refractivity contribution in [3.63, 3.8) is 0 Å². The SMILES string of the molecule is Cc1ccc([S+](c2ccc(C)cc2)c2ccc3c(c2)Cc2ccccc2S3=O)cc1. The van der Waals surface area contributed by atoms with Crippen LogP contribution in [-0.4, -0.2) is 4.21 Å². The van der Waals surface area contributed by atoms with Gasteiger partial charge in [0.05, 0.1) is 21.7 Å². The Morgan fingerprint density at radius 3 is 1.80 bits per heavy atom. The molecule has 0 saturated carbocycles. The van der Waals surface area contributed by atoms with Crippen molar-refractivity contribution in [3.8, 4) is 0 Å². The highest BCUT2D eigenvalue weighted by Crippen LogP contribution is 2.37. The van der Waals surface area contributed by atoms with Crippen molar-refractivity contribution in [3.05, 3.63) is 113 Å². The van der Waals surface area contributed by atoms with Gasteiger partial charge in [-0.1, -0.05) is 53.6 Å². The van der Waals surface area contributed by atoms with E-state index in [1.54, 1.807) is 0 Å². The molecule has 0 bridgehead atoms. The smallest absolute Gasteiger partial charge is 0.166 e. The Hall–Kier alpha value is -2.62. The second-order valence-corrected chi connectivity index (χ2v) is 11.2. The first-order chi connectivity index (χ1) is 14.6. The molecule has 1 heterocycles. The fourth-order valence-corrected chi connectivity index (χ4v) is 7.39. The fraction of sp³-hybridized carbons (Fsp3) is 0.111. The molecule has 1 aliphatic rings. The molecule has 1 unspecified atom stereocenters. The first-order valence-corrected chi connectivity index (χ1v) is 12.5. The molecule has 0 aliphatic carbocycles. The standard InChI is InChI=1S/C27H23OS2/c1-19-7-11-23(12-8-19)29(24-13-9-20(2)10-14-24)25-15-16-27-22(18-25)17-21-5-3-4-6-26(21)30(27)28/h3-16,18H,17H2,1-2H3/q+1. The third-order valence-electron chi connectivity index (χ3n) is 5.53. The largest absolute Gasteiger partial charge is 0.249 e. The highest BCUT2D eigenvalue weighted by atomic mass is 32.2. The van der Waals surface area contributed by atoms with Crippen LogP contribution in [0.2, 0.25) is 0 Å². The molecule has 4 aromatic rings. The van der Waals surface area contributed by atoms with Gasteiger partial charge in [-0.2, -0.15) is 0 Å². The molecule has 0 amide bonds. The number of hydrogen-bond acceptors (Lipinski definition) is 1. The van der Waals surface area contributed by atoms with Gasteiger partial charge in [-0.15, -0.1) is 0 Å². The van der Waals surface area contributed by atoms with Crippen LogP contribution < -0.4 is 0 Å². The highest BCUT2D eigenvalue weighted by Gasteiger charge is 2.31. The fourth-order valence-electron chi connectivity index (χ4n) is 3.91. The van der Waals surface area contributed by atoms with E-state index in [1.807, 2.05) is 18.2 Å². The quantitative estimate of drug-likeness (QED) is 0.302. The molecule has 30 heavy (non-hydrogen) atoms. The second-order valence-electron chi connectivity index (χ2n) is 7.76. The lowest BCUT2D eigenvalue weighted by Crippen LogP contribution is -2.11. The molecule has 0 spiro atoms. The van der Waals surface area contributed by atoms with Crippen LogP contribution in [0.25, 0.3) is 0 Å². The summed E-state index contributed by atoms with van der Waals surface area (Å²) in [6.45, 7) is 4.25. The number of rotatable bonds is 3. The lowest BCUT2D eigenvalue weighted by Gasteiger charge is -2.19. The van der Waals surface area contributed by atoms with Crippen molar-refractivity contribution >= 4 is 21.7 Å². The summed E-state index contributed by atoms with van der Waals surface area (Å²) in [5.74, 6) is 0. The monoisotopic (exact) mass is 427 g/mol. The summed E-state index contributed by atoms with van der Waals surface area (Å²) in [7, 11) is -1.30. The minimum Gasteiger partial charge on any atom is -0.249 e. The predicted molar refractivity (Wildman–Crippen MR) is 125 cm³/mol. The van der Waals surface area contributed by atoms with Gasteiger partial charge in [0.25, 0.3) is 0 Å². The van der Waals surface area contributed by atoms with Crippen molar-refractivity contribution in [1.29, 1.82) is 0 Å². The number of aryl methyl sites for hydroxylation is 2. The zero-order chi connectivity index (χ0) is 20.7. The van der Waals surface area contributed by atoms with E-state index in [2.05, 4.69) is 86.6 Å². The van der Waals surface area contributed by atoms with Crippen LogP contribution in [-0.2, 0) is 28.1 Å². The van der Waals surface area contributed by atoms with Crippen LogP contribution in [0.3, 0.4) is 0 Å². The zero-order valence-electron chi connectivity index (χ0n) is 17.1. The van der Waals surface area contributed by atoms with Gasteiger partial charge in [-0.05, 0) is 73.5 Å². The minimum atomic E-state index is -1.10. The number of hydrogen-bond donors (Lipinski definition) is 0. The van der Waals surface area contributed by atoms with E-state index in [1.165, 1.54) is 36.9 Å². The van der Waals surface area contributed by atoms with Gasteiger partial charge in [0, 0.05) is 16.2 Å². The summed E-state index contributed by atoms with van der Waals surface area (Å²) in [5, 5.41) is 0. The number of benzene rings is 4. The number of fused-ring (bicyclic) bond motifs is 2. The molecule has 0 aromatic heterocycles. The summed E-state index contributed by atoms with van der Waals surface area (Å²) in [4.78, 5) is 5.80. The van der Waals surface area contributed by atoms with Gasteiger partial charge in [-0.3, -0.25) is 0 Å². The van der Waals surface area contributed by atoms with E-state index in [4.69, 9.17) is 0 Å². The molecule has 0 N–H and O–H groups in total. The van der Waals surface area contributed by atoms with Gasteiger partial charge in [0.1, 0.15) is 0 Å². The van der Waals surface area contributed by atoms with Crippen molar-refractivity contribution in [2.45, 2.75) is 44.7 Å². The maximum atomic E-state index is 13.1. The van der Waals surface area contributed by atoms with Crippen LogP contribution in [0.15, 0.2) is 115 Å². The molecule has 0 radical (unpaired) electrons. The predicted octanol–water partition coefficient (Wildman–Crippen LogP) is 6.47. The Bertz CT molecular complexity index is 1200.